The van der Waals surface area contributed by atoms with E-state index < -0.39 is 16.2 Å². The van der Waals surface area contributed by atoms with Crippen LogP contribution in [0.1, 0.15) is 192 Å². The Morgan fingerprint density at radius 2 is 0.345 bits per heavy atom. The highest BCUT2D eigenvalue weighted by Gasteiger charge is 2.27. The SMILES string of the molecule is CC(C)(C)C(=O)CCCOCCOCCOCCOCCNC(=O)C(C)(C)C.CC(C)(C)C(=O)CCOCCOCCOCCOCCC(=O)C(C)(C)C.CC(C)(C)C(=O)NCCOCCOCCOCCOCCOC(=O)C(C)(C)C.CC(C)(C)C(=O)OCCOCCOCCOCCOCCOC(=O)C(C)(C)C. The van der Waals surface area contributed by atoms with E-state index in [1.54, 1.807) is 0 Å². The van der Waals surface area contributed by atoms with Crippen LogP contribution < -0.4 is 10.6 Å². The van der Waals surface area contributed by atoms with Crippen molar-refractivity contribution in [2.45, 2.75) is 192 Å². The van der Waals surface area contributed by atoms with Gasteiger partial charge >= 0.3 is 17.9 Å². The van der Waals surface area contributed by atoms with Gasteiger partial charge in [-0.15, -0.1) is 0 Å². The van der Waals surface area contributed by atoms with E-state index in [0.717, 1.165) is 6.42 Å². The zero-order valence-corrected chi connectivity index (χ0v) is 73.0. The van der Waals surface area contributed by atoms with E-state index in [1.165, 1.54) is 0 Å². The van der Waals surface area contributed by atoms with Crippen LogP contribution in [0.2, 0.25) is 0 Å². The maximum atomic E-state index is 11.7. The van der Waals surface area contributed by atoms with Gasteiger partial charge < -0.3 is 101 Å². The Balaban J connectivity index is -0.000000681. The fourth-order valence-corrected chi connectivity index (χ4v) is 7.07. The highest BCUT2D eigenvalue weighted by Crippen LogP contribution is 2.21. The van der Waals surface area contributed by atoms with E-state index in [9.17, 15) is 38.4 Å². The largest absolute Gasteiger partial charge is 0.463 e. The standard InChI is InChI=1S/C21H41NO6.C20H39NO7.C20H38O8.C20H38O6/c1-20(2,3)18(23)8-7-10-25-12-14-27-16-17-28-15-13-26-11-9-22-19(24)21(4,5)6;1-19(2,3)17(22)21-7-8-24-9-10-25-11-12-26-13-14-27-15-16-28-18(23)20(4,5)6;1-19(2,3)17(21)27-15-13-25-11-9-23-7-8-24-10-12-26-14-16-28-18(22)20(4,5)6;1-19(2,3)17(21)7-9-23-11-13-25-15-16-26-14-12-24-10-8-18(22)20(4,5)6/h7-17H2,1-6H3,(H,22,24);7-16H2,1-6H3,(H,21,22);7-16H2,1-6H3;7-16H2,1-6H3. The molecule has 110 heavy (non-hydrogen) atoms. The number of esters is 3. The predicted molar refractivity (Wildman–Crippen MR) is 421 cm³/mol. The number of carbonyl (C=O) groups excluding carboxylic acids is 8. The van der Waals surface area contributed by atoms with Crippen LogP contribution >= 0.6 is 0 Å². The summed E-state index contributed by atoms with van der Waals surface area (Å²) in [6.07, 6.45) is 2.18. The van der Waals surface area contributed by atoms with Crippen LogP contribution in [-0.2, 0) is 128 Å². The first-order valence-electron chi connectivity index (χ1n) is 39.1. The Kier molecular flexibility index (Phi) is 68.2. The van der Waals surface area contributed by atoms with Gasteiger partial charge in [0.2, 0.25) is 11.8 Å². The van der Waals surface area contributed by atoms with Gasteiger partial charge in [0.05, 0.1) is 221 Å². The first-order chi connectivity index (χ1) is 51.2. The number of nitrogens with one attached hydrogen (secondary N) is 2. The number of rotatable bonds is 61. The van der Waals surface area contributed by atoms with Crippen molar-refractivity contribution in [3.8, 4) is 0 Å². The van der Waals surface area contributed by atoms with Crippen molar-refractivity contribution < 1.29 is 128 Å². The summed E-state index contributed by atoms with van der Waals surface area (Å²) in [5, 5.41) is 5.64. The van der Waals surface area contributed by atoms with Crippen molar-refractivity contribution in [1.82, 2.24) is 10.6 Å². The lowest BCUT2D eigenvalue weighted by Crippen LogP contribution is -2.36. The molecule has 0 aromatic heterocycles. The number of carbonyl (C=O) groups is 8. The van der Waals surface area contributed by atoms with Crippen LogP contribution in [0.5, 0.6) is 0 Å². The Morgan fingerprint density at radius 1 is 0.182 bits per heavy atom. The molecule has 0 spiro atoms. The van der Waals surface area contributed by atoms with Gasteiger partial charge in [0.1, 0.15) is 37.2 Å². The number of hydrogen-bond acceptors (Lipinski definition) is 27. The second kappa shape index (κ2) is 66.9. The minimum Gasteiger partial charge on any atom is -0.463 e. The second-order valence-corrected chi connectivity index (χ2v) is 33.6. The molecule has 652 valence electrons. The van der Waals surface area contributed by atoms with Gasteiger partial charge in [0, 0.05) is 66.0 Å². The Labute approximate surface area is 663 Å². The third-order valence-electron chi connectivity index (χ3n) is 14.3. The maximum Gasteiger partial charge on any atom is 0.311 e. The molecule has 2 amide bonds. The van der Waals surface area contributed by atoms with Crippen LogP contribution in [0.3, 0.4) is 0 Å². The molecule has 29 nitrogen and oxygen atoms in total. The van der Waals surface area contributed by atoms with Crippen LogP contribution in [0.15, 0.2) is 0 Å². The van der Waals surface area contributed by atoms with Gasteiger partial charge in [0.25, 0.3) is 0 Å². The van der Waals surface area contributed by atoms with Gasteiger partial charge in [-0.05, 0) is 68.7 Å². The van der Waals surface area contributed by atoms with Crippen LogP contribution in [0, 0.1) is 43.3 Å². The van der Waals surface area contributed by atoms with Crippen LogP contribution in [0.25, 0.3) is 0 Å². The zero-order valence-electron chi connectivity index (χ0n) is 73.0. The first-order valence-corrected chi connectivity index (χ1v) is 39.1. The van der Waals surface area contributed by atoms with E-state index >= 15 is 0 Å². The van der Waals surface area contributed by atoms with E-state index in [4.69, 9.17) is 90.0 Å². The smallest absolute Gasteiger partial charge is 0.311 e. The van der Waals surface area contributed by atoms with Crippen LogP contribution in [-0.4, -0.2) is 291 Å². The zero-order chi connectivity index (χ0) is 84.5. The normalized spacial score (nSPS) is 12.2. The number of ketones is 3. The molecule has 0 atom stereocenters. The highest BCUT2D eigenvalue weighted by atomic mass is 16.6. The summed E-state index contributed by atoms with van der Waals surface area (Å²) >= 11 is 0. The molecule has 0 aromatic carbocycles. The average Bonchev–Trinajstić information content (AvgIpc) is 0.979. The summed E-state index contributed by atoms with van der Waals surface area (Å²) in [4.78, 5) is 92.9. The molecule has 0 fully saturated rings. The lowest BCUT2D eigenvalue weighted by atomic mass is 9.88. The molecule has 0 unspecified atom stereocenters. The van der Waals surface area contributed by atoms with E-state index in [1.807, 2.05) is 166 Å². The quantitative estimate of drug-likeness (QED) is 0.0325. The second-order valence-electron chi connectivity index (χ2n) is 33.6. The molecule has 29 heteroatoms. The van der Waals surface area contributed by atoms with Crippen molar-refractivity contribution in [2.75, 3.05) is 244 Å². The molecule has 0 aliphatic rings. The number of ether oxygens (including phenoxy) is 19. The molecule has 0 saturated carbocycles. The van der Waals surface area contributed by atoms with E-state index in [-0.39, 0.29) is 94.0 Å². The topological polar surface area (TPSA) is 336 Å². The third-order valence-corrected chi connectivity index (χ3v) is 14.3. The Bertz CT molecular complexity index is 1950. The van der Waals surface area contributed by atoms with E-state index in [2.05, 4.69) is 10.6 Å². The summed E-state index contributed by atoms with van der Waals surface area (Å²) in [6, 6.07) is 0. The lowest BCUT2D eigenvalue weighted by molar-refractivity contribution is -0.155. The summed E-state index contributed by atoms with van der Waals surface area (Å²) in [6.45, 7) is 61.4. The van der Waals surface area contributed by atoms with Crippen molar-refractivity contribution in [3.63, 3.8) is 0 Å². The van der Waals surface area contributed by atoms with Crippen molar-refractivity contribution in [1.29, 1.82) is 0 Å². The van der Waals surface area contributed by atoms with Crippen LogP contribution in [0.4, 0.5) is 0 Å². The summed E-state index contributed by atoms with van der Waals surface area (Å²) in [7, 11) is 0. The molecule has 0 aliphatic heterocycles. The average molecular weight is 1590 g/mol. The van der Waals surface area contributed by atoms with Gasteiger partial charge in [-0.1, -0.05) is 104 Å². The molecule has 2 N–H and O–H groups in total. The minimum atomic E-state index is -0.493. The molecule has 0 radical (unpaired) electrons. The number of hydrogen-bond donors (Lipinski definition) is 2. The Hall–Kier alpha value is -4.28. The van der Waals surface area contributed by atoms with Gasteiger partial charge in [-0.2, -0.15) is 0 Å². The number of Topliss-reactive ketones (excluding diaryl/α,β-unsaturated/α-hetero) is 3. The minimum absolute atomic E-state index is 0.0133. The molecule has 0 rings (SSSR count). The van der Waals surface area contributed by atoms with Crippen molar-refractivity contribution in [3.05, 3.63) is 0 Å². The fourth-order valence-electron chi connectivity index (χ4n) is 7.07. The third kappa shape index (κ3) is 79.0. The monoisotopic (exact) mass is 1590 g/mol. The number of amides is 2. The first kappa shape index (κ1) is 112. The molecule has 0 aromatic rings. The molecule has 0 heterocycles. The fraction of sp³-hybridized carbons (Fsp3) is 0.901. The van der Waals surface area contributed by atoms with Gasteiger partial charge in [0.15, 0.2) is 0 Å². The van der Waals surface area contributed by atoms with E-state index in [0.29, 0.717) is 244 Å². The summed E-state index contributed by atoms with van der Waals surface area (Å²) in [5.41, 5.74) is -3.11. The molecule has 0 aliphatic carbocycles. The maximum absolute atomic E-state index is 11.7. The van der Waals surface area contributed by atoms with Gasteiger partial charge in [-0.25, -0.2) is 0 Å². The summed E-state index contributed by atoms with van der Waals surface area (Å²) < 4.78 is 101. The van der Waals surface area contributed by atoms with Crippen molar-refractivity contribution in [2.24, 2.45) is 43.3 Å². The molecule has 0 saturated heterocycles. The molecule has 0 bridgehead atoms. The molecular weight excluding hydrogens is 1430 g/mol. The van der Waals surface area contributed by atoms with Crippen molar-refractivity contribution >= 4 is 47.1 Å². The Morgan fingerprint density at radius 3 is 0.527 bits per heavy atom. The van der Waals surface area contributed by atoms with Gasteiger partial charge in [-0.3, -0.25) is 38.4 Å². The lowest BCUT2D eigenvalue weighted by Gasteiger charge is -2.17. The highest BCUT2D eigenvalue weighted by molar-refractivity contribution is 5.85. The predicted octanol–water partition coefficient (Wildman–Crippen LogP) is 9.71. The molecular formula is C81H156N2O27. The summed E-state index contributed by atoms with van der Waals surface area (Å²) in [5.74, 6) is 0.00460.